The van der Waals surface area contributed by atoms with Gasteiger partial charge in [-0.2, -0.15) is 0 Å². The smallest absolute Gasteiger partial charge is 0.152 e. The third-order valence-corrected chi connectivity index (χ3v) is 5.09. The zero-order valence-electron chi connectivity index (χ0n) is 11.5. The van der Waals surface area contributed by atoms with Gasteiger partial charge in [0.2, 0.25) is 0 Å². The molecule has 0 aliphatic rings. The first-order valence-electron chi connectivity index (χ1n) is 6.42. The van der Waals surface area contributed by atoms with E-state index in [0.29, 0.717) is 5.56 Å². The average Bonchev–Trinajstić information content (AvgIpc) is 2.46. The van der Waals surface area contributed by atoms with E-state index in [1.54, 1.807) is 12.1 Å². The number of sulfone groups is 1. The van der Waals surface area contributed by atoms with Crippen LogP contribution >= 0.6 is 0 Å². The maximum atomic E-state index is 11.5. The van der Waals surface area contributed by atoms with Crippen LogP contribution in [0.4, 0.5) is 0 Å². The fourth-order valence-electron chi connectivity index (χ4n) is 2.01. The van der Waals surface area contributed by atoms with Crippen LogP contribution in [0.3, 0.4) is 0 Å². The number of aliphatic hydroxyl groups excluding tert-OH is 1. The molecule has 2 aromatic carbocycles. The van der Waals surface area contributed by atoms with E-state index in [1.807, 2.05) is 42.5 Å². The summed E-state index contributed by atoms with van der Waals surface area (Å²) in [6, 6.07) is 17.2. The molecular weight excluding hydrogens is 272 g/mol. The Morgan fingerprint density at radius 3 is 1.90 bits per heavy atom. The molecule has 0 heterocycles. The van der Waals surface area contributed by atoms with Crippen molar-refractivity contribution in [3.05, 3.63) is 60.2 Å². The van der Waals surface area contributed by atoms with Crippen LogP contribution in [0.5, 0.6) is 0 Å². The second-order valence-electron chi connectivity index (χ2n) is 4.97. The van der Waals surface area contributed by atoms with Crippen molar-refractivity contribution in [2.75, 3.05) is 6.26 Å². The molecule has 4 heteroatoms. The number of hydrogen-bond acceptors (Lipinski definition) is 3. The van der Waals surface area contributed by atoms with E-state index in [9.17, 15) is 13.5 Å². The van der Waals surface area contributed by atoms with Gasteiger partial charge >= 0.3 is 0 Å². The van der Waals surface area contributed by atoms with Gasteiger partial charge in [-0.1, -0.05) is 54.6 Å². The highest BCUT2D eigenvalue weighted by Crippen LogP contribution is 2.25. The summed E-state index contributed by atoms with van der Waals surface area (Å²) in [5.41, 5.74) is 2.74. The molecule has 2 aromatic rings. The zero-order valence-corrected chi connectivity index (χ0v) is 12.3. The molecule has 0 fully saturated rings. The fraction of sp³-hybridized carbons (Fsp3) is 0.250. The van der Waals surface area contributed by atoms with E-state index < -0.39 is 21.2 Å². The van der Waals surface area contributed by atoms with Gasteiger partial charge in [-0.05, 0) is 23.6 Å². The molecule has 0 spiro atoms. The minimum atomic E-state index is -3.26. The topological polar surface area (TPSA) is 54.4 Å². The third kappa shape index (κ3) is 3.26. The van der Waals surface area contributed by atoms with E-state index in [1.165, 1.54) is 6.92 Å². The zero-order chi connectivity index (χ0) is 14.8. The molecule has 0 bridgehead atoms. The lowest BCUT2D eigenvalue weighted by atomic mass is 10.0. The molecule has 0 saturated carbocycles. The van der Waals surface area contributed by atoms with Gasteiger partial charge in [0.1, 0.15) is 0 Å². The van der Waals surface area contributed by atoms with Crippen molar-refractivity contribution in [2.24, 2.45) is 0 Å². The van der Waals surface area contributed by atoms with Crippen LogP contribution in [-0.2, 0) is 9.84 Å². The van der Waals surface area contributed by atoms with E-state index in [0.717, 1.165) is 17.4 Å². The molecule has 0 unspecified atom stereocenters. The SMILES string of the molecule is C[C@@H]([C@@H](O)c1ccc(-c2ccccc2)cc1)S(C)(=O)=O. The minimum Gasteiger partial charge on any atom is -0.387 e. The van der Waals surface area contributed by atoms with Crippen LogP contribution < -0.4 is 0 Å². The number of aliphatic hydroxyl groups is 1. The Morgan fingerprint density at radius 1 is 0.900 bits per heavy atom. The normalized spacial score (nSPS) is 14.8. The summed E-state index contributed by atoms with van der Waals surface area (Å²) in [6.45, 7) is 1.52. The van der Waals surface area contributed by atoms with Crippen molar-refractivity contribution in [1.29, 1.82) is 0 Å². The van der Waals surface area contributed by atoms with E-state index in [4.69, 9.17) is 0 Å². The highest BCUT2D eigenvalue weighted by molar-refractivity contribution is 7.91. The third-order valence-electron chi connectivity index (χ3n) is 3.48. The maximum Gasteiger partial charge on any atom is 0.152 e. The summed E-state index contributed by atoms with van der Waals surface area (Å²) >= 11 is 0. The Labute approximate surface area is 119 Å². The van der Waals surface area contributed by atoms with E-state index >= 15 is 0 Å². The summed E-state index contributed by atoms with van der Waals surface area (Å²) in [4.78, 5) is 0. The Hall–Kier alpha value is -1.65. The van der Waals surface area contributed by atoms with Crippen LogP contribution in [0, 0.1) is 0 Å². The van der Waals surface area contributed by atoms with Crippen LogP contribution in [0.15, 0.2) is 54.6 Å². The van der Waals surface area contributed by atoms with Crippen LogP contribution in [0.25, 0.3) is 11.1 Å². The predicted molar refractivity (Wildman–Crippen MR) is 81.1 cm³/mol. The minimum absolute atomic E-state index is 0.614. The molecule has 0 aromatic heterocycles. The molecule has 2 atom stereocenters. The van der Waals surface area contributed by atoms with E-state index in [2.05, 4.69) is 0 Å². The summed E-state index contributed by atoms with van der Waals surface area (Å²) in [6.07, 6.45) is 0.133. The lowest BCUT2D eigenvalue weighted by Gasteiger charge is -2.17. The standard InChI is InChI=1S/C16H18O3S/c1-12(20(2,18)19)16(17)15-10-8-14(9-11-15)13-6-4-3-5-7-13/h3-12,16-17H,1-2H3/t12-,16+/m0/s1. The number of benzene rings is 2. The molecule has 1 N–H and O–H groups in total. The summed E-state index contributed by atoms with van der Waals surface area (Å²) in [7, 11) is -3.26. The number of rotatable bonds is 4. The second kappa shape index (κ2) is 5.77. The van der Waals surface area contributed by atoms with Crippen molar-refractivity contribution in [1.82, 2.24) is 0 Å². The quantitative estimate of drug-likeness (QED) is 0.942. The van der Waals surface area contributed by atoms with Gasteiger partial charge in [-0.25, -0.2) is 8.42 Å². The molecule has 0 aliphatic heterocycles. The molecule has 0 radical (unpaired) electrons. The van der Waals surface area contributed by atoms with Gasteiger partial charge in [0.05, 0.1) is 11.4 Å². The van der Waals surface area contributed by atoms with Crippen molar-refractivity contribution < 1.29 is 13.5 Å². The van der Waals surface area contributed by atoms with Crippen molar-refractivity contribution >= 4 is 9.84 Å². The molecular formula is C16H18O3S. The first kappa shape index (κ1) is 14.8. The van der Waals surface area contributed by atoms with Crippen molar-refractivity contribution in [2.45, 2.75) is 18.3 Å². The fourth-order valence-corrected chi connectivity index (χ4v) is 2.63. The van der Waals surface area contributed by atoms with Gasteiger partial charge in [0.25, 0.3) is 0 Å². The number of hydrogen-bond donors (Lipinski definition) is 1. The van der Waals surface area contributed by atoms with Gasteiger partial charge in [0.15, 0.2) is 9.84 Å². The van der Waals surface area contributed by atoms with Crippen LogP contribution in [0.1, 0.15) is 18.6 Å². The van der Waals surface area contributed by atoms with Crippen molar-refractivity contribution in [3.63, 3.8) is 0 Å². The van der Waals surface area contributed by atoms with Crippen LogP contribution in [0.2, 0.25) is 0 Å². The van der Waals surface area contributed by atoms with Gasteiger partial charge < -0.3 is 5.11 Å². The summed E-state index contributed by atoms with van der Waals surface area (Å²) in [5.74, 6) is 0. The molecule has 0 amide bonds. The monoisotopic (exact) mass is 290 g/mol. The van der Waals surface area contributed by atoms with Crippen molar-refractivity contribution in [3.8, 4) is 11.1 Å². The summed E-state index contributed by atoms with van der Waals surface area (Å²) in [5, 5.41) is 9.29. The largest absolute Gasteiger partial charge is 0.387 e. The molecule has 106 valence electrons. The second-order valence-corrected chi connectivity index (χ2v) is 7.37. The molecule has 0 aliphatic carbocycles. The van der Waals surface area contributed by atoms with Gasteiger partial charge in [-0.15, -0.1) is 0 Å². The molecule has 20 heavy (non-hydrogen) atoms. The predicted octanol–water partition coefficient (Wildman–Crippen LogP) is 2.82. The molecule has 0 saturated heterocycles. The Bertz CT molecular complexity index is 661. The van der Waals surface area contributed by atoms with Gasteiger partial charge in [-0.3, -0.25) is 0 Å². The van der Waals surface area contributed by atoms with Crippen LogP contribution in [-0.4, -0.2) is 25.0 Å². The lowest BCUT2D eigenvalue weighted by molar-refractivity contribution is 0.176. The summed E-state index contributed by atoms with van der Waals surface area (Å²) < 4.78 is 22.9. The Balaban J connectivity index is 2.25. The van der Waals surface area contributed by atoms with Gasteiger partial charge in [0, 0.05) is 6.26 Å². The Kier molecular flexibility index (Phi) is 4.26. The Morgan fingerprint density at radius 2 is 1.40 bits per heavy atom. The maximum absolute atomic E-state index is 11.5. The molecule has 3 nitrogen and oxygen atoms in total. The highest BCUT2D eigenvalue weighted by Gasteiger charge is 2.25. The first-order valence-corrected chi connectivity index (χ1v) is 8.37. The average molecular weight is 290 g/mol. The van der Waals surface area contributed by atoms with E-state index in [-0.39, 0.29) is 0 Å². The molecule has 2 rings (SSSR count). The lowest BCUT2D eigenvalue weighted by Crippen LogP contribution is -2.24. The highest BCUT2D eigenvalue weighted by atomic mass is 32.2. The first-order chi connectivity index (χ1) is 9.39.